The molecule has 0 unspecified atom stereocenters. The van der Waals surface area contributed by atoms with Gasteiger partial charge in [-0.25, -0.2) is 4.39 Å². The quantitative estimate of drug-likeness (QED) is 0.781. The lowest BCUT2D eigenvalue weighted by molar-refractivity contribution is 0.608. The van der Waals surface area contributed by atoms with Crippen LogP contribution in [0, 0.1) is 5.82 Å². The fraction of sp³-hybridized carbons (Fsp3) is 0.214. The number of hydrogen-bond donors (Lipinski definition) is 0. The van der Waals surface area contributed by atoms with Crippen LogP contribution in [0.1, 0.15) is 18.9 Å². The molecule has 0 amide bonds. The van der Waals surface area contributed by atoms with E-state index in [-0.39, 0.29) is 10.8 Å². The molecule has 1 aromatic heterocycles. The summed E-state index contributed by atoms with van der Waals surface area (Å²) in [6.07, 6.45) is 5.00. The molecule has 0 radical (unpaired) electrons. The molecule has 88 valence electrons. The van der Waals surface area contributed by atoms with Gasteiger partial charge in [0.1, 0.15) is 5.82 Å². The van der Waals surface area contributed by atoms with Gasteiger partial charge in [0.2, 0.25) is 0 Å². The summed E-state index contributed by atoms with van der Waals surface area (Å²) in [5, 5.41) is 0.182. The van der Waals surface area contributed by atoms with E-state index in [0.29, 0.717) is 12.0 Å². The number of hydrogen-bond acceptors (Lipinski definition) is 1. The number of pyridine rings is 1. The zero-order valence-electron chi connectivity index (χ0n) is 9.58. The third-order valence-corrected chi connectivity index (χ3v) is 2.96. The van der Waals surface area contributed by atoms with E-state index in [4.69, 9.17) is 11.6 Å². The second-order valence-electron chi connectivity index (χ2n) is 3.88. The van der Waals surface area contributed by atoms with Crippen LogP contribution < -0.4 is 0 Å². The zero-order chi connectivity index (χ0) is 12.3. The Morgan fingerprint density at radius 3 is 2.76 bits per heavy atom. The molecule has 0 fully saturated rings. The van der Waals surface area contributed by atoms with E-state index in [0.717, 1.165) is 17.5 Å². The summed E-state index contributed by atoms with van der Waals surface area (Å²) in [7, 11) is 0. The predicted octanol–water partition coefficient (Wildman–Crippen LogP) is 4.49. The normalized spacial score (nSPS) is 10.5. The van der Waals surface area contributed by atoms with Gasteiger partial charge in [0.15, 0.2) is 0 Å². The van der Waals surface area contributed by atoms with Crippen LogP contribution >= 0.6 is 11.6 Å². The molecule has 0 atom stereocenters. The number of nitrogens with zero attached hydrogens (tertiary/aromatic N) is 1. The second-order valence-corrected chi connectivity index (χ2v) is 4.29. The van der Waals surface area contributed by atoms with E-state index < -0.39 is 0 Å². The van der Waals surface area contributed by atoms with Crippen LogP contribution in [-0.2, 0) is 6.42 Å². The fourth-order valence-electron chi connectivity index (χ4n) is 1.88. The average Bonchev–Trinajstić information content (AvgIpc) is 2.36. The predicted molar refractivity (Wildman–Crippen MR) is 68.6 cm³/mol. The van der Waals surface area contributed by atoms with Gasteiger partial charge in [-0.1, -0.05) is 37.1 Å². The molecule has 2 rings (SSSR count). The molecule has 1 aromatic carbocycles. The van der Waals surface area contributed by atoms with E-state index in [9.17, 15) is 4.39 Å². The monoisotopic (exact) mass is 249 g/mol. The Labute approximate surface area is 105 Å². The molecule has 2 aromatic rings. The van der Waals surface area contributed by atoms with Crippen LogP contribution in [0.15, 0.2) is 36.7 Å². The van der Waals surface area contributed by atoms with E-state index >= 15 is 0 Å². The first-order valence-electron chi connectivity index (χ1n) is 5.61. The van der Waals surface area contributed by atoms with Crippen molar-refractivity contribution in [2.45, 2.75) is 19.8 Å². The molecule has 0 saturated carbocycles. The lowest BCUT2D eigenvalue weighted by Gasteiger charge is -2.11. The van der Waals surface area contributed by atoms with E-state index in [2.05, 4.69) is 4.98 Å². The van der Waals surface area contributed by atoms with Crippen molar-refractivity contribution in [2.24, 2.45) is 0 Å². The highest BCUT2D eigenvalue weighted by molar-refractivity contribution is 6.30. The lowest BCUT2D eigenvalue weighted by Crippen LogP contribution is -1.95. The maximum absolute atomic E-state index is 14.0. The first-order chi connectivity index (χ1) is 8.24. The molecule has 0 aliphatic rings. The molecule has 0 aliphatic carbocycles. The van der Waals surface area contributed by atoms with Gasteiger partial charge in [-0.15, -0.1) is 0 Å². The Bertz CT molecular complexity index is 511. The maximum atomic E-state index is 14.0. The second kappa shape index (κ2) is 5.28. The first-order valence-corrected chi connectivity index (χ1v) is 5.99. The molecule has 0 N–H and O–H groups in total. The number of aromatic nitrogens is 1. The fourth-order valence-corrected chi connectivity index (χ4v) is 2.06. The van der Waals surface area contributed by atoms with Crippen LogP contribution in [0.4, 0.5) is 4.39 Å². The molecular formula is C14H13ClFN. The number of rotatable bonds is 3. The molecule has 17 heavy (non-hydrogen) atoms. The van der Waals surface area contributed by atoms with Gasteiger partial charge in [-0.3, -0.25) is 4.98 Å². The van der Waals surface area contributed by atoms with E-state index in [1.54, 1.807) is 18.5 Å². The number of benzene rings is 1. The summed E-state index contributed by atoms with van der Waals surface area (Å²) >= 11 is 5.82. The summed E-state index contributed by atoms with van der Waals surface area (Å²) in [6, 6.07) is 7.22. The van der Waals surface area contributed by atoms with Crippen molar-refractivity contribution in [1.29, 1.82) is 0 Å². The maximum Gasteiger partial charge on any atom is 0.145 e. The van der Waals surface area contributed by atoms with Gasteiger partial charge in [0.25, 0.3) is 0 Å². The van der Waals surface area contributed by atoms with Crippen LogP contribution in [0.5, 0.6) is 0 Å². The Morgan fingerprint density at radius 2 is 2.12 bits per heavy atom. The van der Waals surface area contributed by atoms with Crippen molar-refractivity contribution in [3.8, 4) is 11.1 Å². The van der Waals surface area contributed by atoms with Crippen LogP contribution in [0.2, 0.25) is 5.02 Å². The summed E-state index contributed by atoms with van der Waals surface area (Å²) < 4.78 is 14.0. The van der Waals surface area contributed by atoms with Crippen molar-refractivity contribution in [3.63, 3.8) is 0 Å². The summed E-state index contributed by atoms with van der Waals surface area (Å²) in [4.78, 5) is 4.06. The molecule has 0 aliphatic heterocycles. The Balaban J connectivity index is 2.58. The molecular weight excluding hydrogens is 237 g/mol. The molecule has 1 nitrogen and oxygen atoms in total. The highest BCUT2D eigenvalue weighted by Gasteiger charge is 2.12. The minimum Gasteiger partial charge on any atom is -0.264 e. The lowest BCUT2D eigenvalue weighted by atomic mass is 9.97. The van der Waals surface area contributed by atoms with Gasteiger partial charge in [-0.2, -0.15) is 0 Å². The summed E-state index contributed by atoms with van der Waals surface area (Å²) in [6.45, 7) is 2.02. The zero-order valence-corrected chi connectivity index (χ0v) is 10.3. The first kappa shape index (κ1) is 12.1. The van der Waals surface area contributed by atoms with Crippen LogP contribution in [-0.4, -0.2) is 4.98 Å². The standard InChI is InChI=1S/C14H13ClFN/c1-2-4-12-11(6-7-13(15)14(12)16)10-5-3-8-17-9-10/h3,5-9H,2,4H2,1H3. The van der Waals surface area contributed by atoms with Crippen LogP contribution in [0.3, 0.4) is 0 Å². The molecule has 0 bridgehead atoms. The molecule has 0 spiro atoms. The van der Waals surface area contributed by atoms with E-state index in [1.165, 1.54) is 0 Å². The van der Waals surface area contributed by atoms with Gasteiger partial charge >= 0.3 is 0 Å². The minimum absolute atomic E-state index is 0.182. The van der Waals surface area contributed by atoms with Crippen molar-refractivity contribution < 1.29 is 4.39 Å². The van der Waals surface area contributed by atoms with Gasteiger partial charge in [0, 0.05) is 18.0 Å². The van der Waals surface area contributed by atoms with Crippen molar-refractivity contribution >= 4 is 11.6 Å². The van der Waals surface area contributed by atoms with Crippen molar-refractivity contribution in [3.05, 3.63) is 53.1 Å². The Kier molecular flexibility index (Phi) is 3.75. The summed E-state index contributed by atoms with van der Waals surface area (Å²) in [5.41, 5.74) is 2.47. The van der Waals surface area contributed by atoms with E-state index in [1.807, 2.05) is 25.1 Å². The highest BCUT2D eigenvalue weighted by Crippen LogP contribution is 2.30. The average molecular weight is 250 g/mol. The third-order valence-electron chi connectivity index (χ3n) is 2.67. The number of halogens is 2. The highest BCUT2D eigenvalue weighted by atomic mass is 35.5. The van der Waals surface area contributed by atoms with Gasteiger partial charge < -0.3 is 0 Å². The van der Waals surface area contributed by atoms with Crippen molar-refractivity contribution in [2.75, 3.05) is 0 Å². The smallest absolute Gasteiger partial charge is 0.145 e. The largest absolute Gasteiger partial charge is 0.264 e. The Hall–Kier alpha value is -1.41. The molecule has 0 saturated heterocycles. The minimum atomic E-state index is -0.310. The Morgan fingerprint density at radius 1 is 1.29 bits per heavy atom. The van der Waals surface area contributed by atoms with Crippen molar-refractivity contribution in [1.82, 2.24) is 4.98 Å². The topological polar surface area (TPSA) is 12.9 Å². The SMILES string of the molecule is CCCc1c(-c2cccnc2)ccc(Cl)c1F. The molecule has 3 heteroatoms. The third kappa shape index (κ3) is 2.47. The van der Waals surface area contributed by atoms with Crippen LogP contribution in [0.25, 0.3) is 11.1 Å². The van der Waals surface area contributed by atoms with Gasteiger partial charge in [0.05, 0.1) is 5.02 Å². The molecule has 1 heterocycles. The summed E-state index contributed by atoms with van der Waals surface area (Å²) in [5.74, 6) is -0.310. The van der Waals surface area contributed by atoms with Gasteiger partial charge in [-0.05, 0) is 29.7 Å².